The largest absolute Gasteiger partial charge is 0.384 e. The molecule has 0 saturated heterocycles. The van der Waals surface area contributed by atoms with Crippen LogP contribution in [0.4, 0.5) is 5.82 Å². The number of amides is 1. The summed E-state index contributed by atoms with van der Waals surface area (Å²) in [6.45, 7) is 5.90. The summed E-state index contributed by atoms with van der Waals surface area (Å²) >= 11 is 0. The van der Waals surface area contributed by atoms with Gasteiger partial charge in [-0.15, -0.1) is 0 Å². The molecule has 0 spiro atoms. The molecule has 1 aromatic heterocycles. The molecule has 0 aliphatic carbocycles. The Bertz CT molecular complexity index is 371. The van der Waals surface area contributed by atoms with Crippen molar-refractivity contribution in [3.63, 3.8) is 0 Å². The van der Waals surface area contributed by atoms with Gasteiger partial charge >= 0.3 is 0 Å². The lowest BCUT2D eigenvalue weighted by atomic mass is 10.2. The summed E-state index contributed by atoms with van der Waals surface area (Å²) in [7, 11) is 0. The van der Waals surface area contributed by atoms with Gasteiger partial charge in [0.15, 0.2) is 0 Å². The number of nitrogen functional groups attached to an aromatic ring is 1. The minimum Gasteiger partial charge on any atom is -0.384 e. The Balaban J connectivity index is 2.73. The van der Waals surface area contributed by atoms with Gasteiger partial charge in [-0.05, 0) is 25.0 Å². The number of unbranched alkanes of at least 4 members (excludes halogenated alkanes) is 2. The maximum atomic E-state index is 12.4. The van der Waals surface area contributed by atoms with Crippen molar-refractivity contribution in [1.82, 2.24) is 9.88 Å². The molecule has 1 aromatic rings. The zero-order chi connectivity index (χ0) is 13.4. The van der Waals surface area contributed by atoms with Gasteiger partial charge in [-0.1, -0.05) is 26.7 Å². The molecular formula is C14H23N3O. The average Bonchev–Trinajstić information content (AvgIpc) is 2.38. The van der Waals surface area contributed by atoms with Crippen LogP contribution in [0, 0.1) is 0 Å². The predicted octanol–water partition coefficient (Wildman–Crippen LogP) is 2.71. The van der Waals surface area contributed by atoms with Crippen molar-refractivity contribution in [2.24, 2.45) is 0 Å². The Labute approximate surface area is 109 Å². The molecular weight excluding hydrogens is 226 g/mol. The van der Waals surface area contributed by atoms with Crippen molar-refractivity contribution in [2.45, 2.75) is 39.5 Å². The van der Waals surface area contributed by atoms with Gasteiger partial charge < -0.3 is 10.6 Å². The van der Waals surface area contributed by atoms with E-state index in [1.165, 1.54) is 0 Å². The molecule has 1 heterocycles. The fourth-order valence-electron chi connectivity index (χ4n) is 1.78. The number of carbonyl (C=O) groups excluding carboxylic acids is 1. The molecule has 1 amide bonds. The number of aromatic nitrogens is 1. The first-order valence-electron chi connectivity index (χ1n) is 6.69. The molecule has 0 fully saturated rings. The maximum Gasteiger partial charge on any atom is 0.254 e. The first kappa shape index (κ1) is 14.5. The minimum absolute atomic E-state index is 0.0611. The third kappa shape index (κ3) is 4.35. The van der Waals surface area contributed by atoms with Crippen LogP contribution in [0.15, 0.2) is 18.3 Å². The van der Waals surface area contributed by atoms with Crippen LogP contribution in [0.25, 0.3) is 0 Å². The molecule has 0 saturated carbocycles. The first-order valence-corrected chi connectivity index (χ1v) is 6.69. The summed E-state index contributed by atoms with van der Waals surface area (Å²) < 4.78 is 0. The van der Waals surface area contributed by atoms with Gasteiger partial charge in [0.25, 0.3) is 5.91 Å². The van der Waals surface area contributed by atoms with Crippen LogP contribution in [0.2, 0.25) is 0 Å². The van der Waals surface area contributed by atoms with E-state index in [2.05, 4.69) is 18.8 Å². The first-order chi connectivity index (χ1) is 8.69. The van der Waals surface area contributed by atoms with E-state index < -0.39 is 0 Å². The van der Waals surface area contributed by atoms with Gasteiger partial charge in [0.1, 0.15) is 5.82 Å². The fourth-order valence-corrected chi connectivity index (χ4v) is 1.78. The third-order valence-corrected chi connectivity index (χ3v) is 2.88. The molecule has 18 heavy (non-hydrogen) atoms. The van der Waals surface area contributed by atoms with Crippen LogP contribution in [0.3, 0.4) is 0 Å². The highest BCUT2D eigenvalue weighted by molar-refractivity contribution is 5.94. The molecule has 4 nitrogen and oxygen atoms in total. The van der Waals surface area contributed by atoms with E-state index in [4.69, 9.17) is 5.73 Å². The van der Waals surface area contributed by atoms with Crippen LogP contribution in [-0.4, -0.2) is 28.9 Å². The van der Waals surface area contributed by atoms with E-state index in [-0.39, 0.29) is 5.91 Å². The average molecular weight is 249 g/mol. The second-order valence-electron chi connectivity index (χ2n) is 4.47. The van der Waals surface area contributed by atoms with Crippen molar-refractivity contribution in [3.8, 4) is 0 Å². The summed E-state index contributed by atoms with van der Waals surface area (Å²) in [6.07, 6.45) is 5.84. The molecule has 0 aliphatic rings. The van der Waals surface area contributed by atoms with Crippen molar-refractivity contribution < 1.29 is 4.79 Å². The van der Waals surface area contributed by atoms with Crippen molar-refractivity contribution in [1.29, 1.82) is 0 Å². The van der Waals surface area contributed by atoms with Crippen LogP contribution in [0.5, 0.6) is 0 Å². The van der Waals surface area contributed by atoms with E-state index in [0.717, 1.165) is 38.8 Å². The standard InChI is InChI=1S/C14H23N3O/c1-3-5-9-17(10-6-4-2)14(18)12-7-8-16-13(15)11-12/h7-8,11H,3-6,9-10H2,1-2H3,(H2,15,16). The van der Waals surface area contributed by atoms with E-state index in [1.54, 1.807) is 18.3 Å². The van der Waals surface area contributed by atoms with Crippen molar-refractivity contribution in [2.75, 3.05) is 18.8 Å². The Kier molecular flexibility index (Phi) is 6.19. The molecule has 0 radical (unpaired) electrons. The summed E-state index contributed by atoms with van der Waals surface area (Å²) in [5, 5.41) is 0. The monoisotopic (exact) mass is 249 g/mol. The fraction of sp³-hybridized carbons (Fsp3) is 0.571. The van der Waals surface area contributed by atoms with E-state index in [1.807, 2.05) is 4.90 Å². The minimum atomic E-state index is 0.0611. The Morgan fingerprint density at radius 2 is 1.89 bits per heavy atom. The quantitative estimate of drug-likeness (QED) is 0.808. The lowest BCUT2D eigenvalue weighted by molar-refractivity contribution is 0.0751. The highest BCUT2D eigenvalue weighted by atomic mass is 16.2. The number of pyridine rings is 1. The number of hydrogen-bond acceptors (Lipinski definition) is 3. The predicted molar refractivity (Wildman–Crippen MR) is 74.4 cm³/mol. The van der Waals surface area contributed by atoms with Crippen LogP contribution in [-0.2, 0) is 0 Å². The van der Waals surface area contributed by atoms with Gasteiger partial charge in [-0.3, -0.25) is 4.79 Å². The van der Waals surface area contributed by atoms with Crippen LogP contribution < -0.4 is 5.73 Å². The van der Waals surface area contributed by atoms with Gasteiger partial charge in [0.2, 0.25) is 0 Å². The number of rotatable bonds is 7. The van der Waals surface area contributed by atoms with Crippen LogP contribution >= 0.6 is 0 Å². The normalized spacial score (nSPS) is 10.3. The second kappa shape index (κ2) is 7.69. The summed E-state index contributed by atoms with van der Waals surface area (Å²) in [4.78, 5) is 18.2. The lowest BCUT2D eigenvalue weighted by Crippen LogP contribution is -2.33. The lowest BCUT2D eigenvalue weighted by Gasteiger charge is -2.22. The molecule has 0 bridgehead atoms. The zero-order valence-electron chi connectivity index (χ0n) is 11.4. The van der Waals surface area contributed by atoms with Crippen LogP contribution in [0.1, 0.15) is 49.9 Å². The Morgan fingerprint density at radius 1 is 1.28 bits per heavy atom. The molecule has 0 aromatic carbocycles. The van der Waals surface area contributed by atoms with E-state index in [0.29, 0.717) is 11.4 Å². The Morgan fingerprint density at radius 3 is 2.39 bits per heavy atom. The van der Waals surface area contributed by atoms with Gasteiger partial charge in [-0.25, -0.2) is 4.98 Å². The van der Waals surface area contributed by atoms with Gasteiger partial charge in [-0.2, -0.15) is 0 Å². The molecule has 0 aliphatic heterocycles. The van der Waals surface area contributed by atoms with E-state index in [9.17, 15) is 4.79 Å². The number of anilines is 1. The maximum absolute atomic E-state index is 12.4. The SMILES string of the molecule is CCCCN(CCCC)C(=O)c1ccnc(N)c1. The zero-order valence-corrected chi connectivity index (χ0v) is 11.4. The smallest absolute Gasteiger partial charge is 0.254 e. The molecule has 1 rings (SSSR count). The highest BCUT2D eigenvalue weighted by Crippen LogP contribution is 2.09. The molecule has 2 N–H and O–H groups in total. The van der Waals surface area contributed by atoms with Crippen molar-refractivity contribution >= 4 is 11.7 Å². The second-order valence-corrected chi connectivity index (χ2v) is 4.47. The molecule has 100 valence electrons. The number of carbonyl (C=O) groups is 1. The summed E-state index contributed by atoms with van der Waals surface area (Å²) in [6, 6.07) is 3.37. The summed E-state index contributed by atoms with van der Waals surface area (Å²) in [5.74, 6) is 0.456. The number of nitrogens with two attached hydrogens (primary N) is 1. The van der Waals surface area contributed by atoms with Gasteiger partial charge in [0.05, 0.1) is 0 Å². The highest BCUT2D eigenvalue weighted by Gasteiger charge is 2.14. The topological polar surface area (TPSA) is 59.2 Å². The number of hydrogen-bond donors (Lipinski definition) is 1. The van der Waals surface area contributed by atoms with Crippen molar-refractivity contribution in [3.05, 3.63) is 23.9 Å². The molecule has 0 unspecified atom stereocenters. The third-order valence-electron chi connectivity index (χ3n) is 2.88. The molecule has 4 heteroatoms. The number of nitrogens with zero attached hydrogens (tertiary/aromatic N) is 2. The van der Waals surface area contributed by atoms with Gasteiger partial charge in [0, 0.05) is 24.8 Å². The van der Waals surface area contributed by atoms with E-state index >= 15 is 0 Å². The summed E-state index contributed by atoms with van der Waals surface area (Å²) in [5.41, 5.74) is 6.25. The molecule has 0 atom stereocenters. The Hall–Kier alpha value is -1.58.